The summed E-state index contributed by atoms with van der Waals surface area (Å²) in [7, 11) is 4.46. The summed E-state index contributed by atoms with van der Waals surface area (Å²) in [5.74, 6) is -0.583. The van der Waals surface area contributed by atoms with Crippen molar-refractivity contribution in [3.8, 4) is 17.2 Å². The molecule has 0 saturated heterocycles. The van der Waals surface area contributed by atoms with Crippen molar-refractivity contribution in [2.75, 3.05) is 33.7 Å². The van der Waals surface area contributed by atoms with E-state index in [2.05, 4.69) is 5.32 Å². The van der Waals surface area contributed by atoms with Crippen LogP contribution in [0.2, 0.25) is 0 Å². The van der Waals surface area contributed by atoms with Gasteiger partial charge in [-0.2, -0.15) is 0 Å². The molecule has 0 atom stereocenters. The molecule has 0 unspecified atom stereocenters. The molecule has 2 rings (SSSR count). The van der Waals surface area contributed by atoms with Crippen molar-refractivity contribution in [2.45, 2.75) is 6.54 Å². The number of ether oxygens (including phenoxy) is 4. The van der Waals surface area contributed by atoms with Crippen molar-refractivity contribution in [1.29, 1.82) is 0 Å². The van der Waals surface area contributed by atoms with Gasteiger partial charge < -0.3 is 30.0 Å². The Morgan fingerprint density at radius 1 is 1.04 bits per heavy atom. The Bertz CT molecular complexity index is 846. The van der Waals surface area contributed by atoms with Crippen LogP contribution in [0.5, 0.6) is 17.2 Å². The fraction of sp³-hybridized carbons (Fsp3) is 0.263. The fourth-order valence-corrected chi connectivity index (χ4v) is 2.42. The van der Waals surface area contributed by atoms with Crippen LogP contribution < -0.4 is 25.3 Å². The number of benzene rings is 2. The molecule has 9 heteroatoms. The number of halogens is 1. The third-order valence-corrected chi connectivity index (χ3v) is 3.78. The zero-order valence-electron chi connectivity index (χ0n) is 15.7. The van der Waals surface area contributed by atoms with Gasteiger partial charge in [-0.3, -0.25) is 4.79 Å². The Hall–Kier alpha value is -3.49. The standard InChI is InChI=1S/C19H21FN2O6/c1-25-15-6-11(7-16(26-2)18(15)27-3)9-22-17(23)10-28-19(24)13-5-4-12(20)8-14(13)21/h4-8H,9-10,21H2,1-3H3,(H,22,23). The number of hydrogen-bond acceptors (Lipinski definition) is 7. The number of carbonyl (C=O) groups is 2. The quantitative estimate of drug-likeness (QED) is 0.522. The minimum Gasteiger partial charge on any atom is -0.493 e. The molecule has 0 radical (unpaired) electrons. The Balaban J connectivity index is 1.94. The molecule has 0 aliphatic carbocycles. The van der Waals surface area contributed by atoms with Crippen LogP contribution >= 0.6 is 0 Å². The van der Waals surface area contributed by atoms with Gasteiger partial charge in [0.25, 0.3) is 5.91 Å². The molecule has 3 N–H and O–H groups in total. The number of nitrogens with two attached hydrogens (primary N) is 1. The van der Waals surface area contributed by atoms with E-state index in [9.17, 15) is 14.0 Å². The van der Waals surface area contributed by atoms with Gasteiger partial charge in [-0.25, -0.2) is 9.18 Å². The van der Waals surface area contributed by atoms with E-state index in [4.69, 9.17) is 24.7 Å². The minimum atomic E-state index is -0.819. The van der Waals surface area contributed by atoms with Gasteiger partial charge in [0.05, 0.1) is 26.9 Å². The Kier molecular flexibility index (Phi) is 7.02. The van der Waals surface area contributed by atoms with Crippen molar-refractivity contribution < 1.29 is 32.9 Å². The molecule has 0 spiro atoms. The SMILES string of the molecule is COc1cc(CNC(=O)COC(=O)c2ccc(F)cc2N)cc(OC)c1OC. The van der Waals surface area contributed by atoms with Gasteiger partial charge >= 0.3 is 5.97 Å². The molecule has 150 valence electrons. The number of carbonyl (C=O) groups excluding carboxylic acids is 2. The van der Waals surface area contributed by atoms with Crippen molar-refractivity contribution in [3.63, 3.8) is 0 Å². The monoisotopic (exact) mass is 392 g/mol. The highest BCUT2D eigenvalue weighted by molar-refractivity contribution is 5.96. The lowest BCUT2D eigenvalue weighted by Crippen LogP contribution is -2.28. The van der Waals surface area contributed by atoms with Gasteiger partial charge in [-0.1, -0.05) is 0 Å². The van der Waals surface area contributed by atoms with Crippen molar-refractivity contribution >= 4 is 17.6 Å². The summed E-state index contributed by atoms with van der Waals surface area (Å²) in [5, 5.41) is 2.61. The molecule has 2 aromatic rings. The molecule has 8 nitrogen and oxygen atoms in total. The molecule has 0 fully saturated rings. The van der Waals surface area contributed by atoms with E-state index in [1.54, 1.807) is 12.1 Å². The maximum atomic E-state index is 13.0. The largest absolute Gasteiger partial charge is 0.493 e. The van der Waals surface area contributed by atoms with Gasteiger partial charge in [-0.15, -0.1) is 0 Å². The summed E-state index contributed by atoms with van der Waals surface area (Å²) in [6.07, 6.45) is 0. The first-order valence-electron chi connectivity index (χ1n) is 8.17. The second-order valence-electron chi connectivity index (χ2n) is 5.62. The first-order valence-corrected chi connectivity index (χ1v) is 8.17. The molecule has 1 amide bonds. The molecule has 0 bridgehead atoms. The second-order valence-corrected chi connectivity index (χ2v) is 5.62. The summed E-state index contributed by atoms with van der Waals surface area (Å²) in [5.41, 5.74) is 6.18. The van der Waals surface area contributed by atoms with Crippen LogP contribution in [0, 0.1) is 5.82 Å². The zero-order chi connectivity index (χ0) is 20.7. The summed E-state index contributed by atoms with van der Waals surface area (Å²) in [4.78, 5) is 23.9. The second kappa shape index (κ2) is 9.45. The maximum absolute atomic E-state index is 13.0. The third-order valence-electron chi connectivity index (χ3n) is 3.78. The van der Waals surface area contributed by atoms with Gasteiger partial charge in [0.2, 0.25) is 5.75 Å². The van der Waals surface area contributed by atoms with E-state index in [1.807, 2.05) is 0 Å². The molecular formula is C19H21FN2O6. The van der Waals surface area contributed by atoms with E-state index < -0.39 is 24.3 Å². The predicted octanol–water partition coefficient (Wildman–Crippen LogP) is 1.91. The highest BCUT2D eigenvalue weighted by atomic mass is 19.1. The number of esters is 1. The zero-order valence-corrected chi connectivity index (χ0v) is 15.7. The van der Waals surface area contributed by atoms with E-state index in [0.29, 0.717) is 22.8 Å². The topological polar surface area (TPSA) is 109 Å². The summed E-state index contributed by atoms with van der Waals surface area (Å²) in [6, 6.07) is 6.65. The Morgan fingerprint density at radius 2 is 1.68 bits per heavy atom. The van der Waals surface area contributed by atoms with Crippen LogP contribution in [0.1, 0.15) is 15.9 Å². The molecule has 0 saturated carbocycles. The average molecular weight is 392 g/mol. The van der Waals surface area contributed by atoms with E-state index in [0.717, 1.165) is 12.1 Å². The molecule has 28 heavy (non-hydrogen) atoms. The molecule has 0 heterocycles. The number of nitrogen functional groups attached to an aromatic ring is 1. The normalized spacial score (nSPS) is 10.1. The fourth-order valence-electron chi connectivity index (χ4n) is 2.42. The molecule has 0 aromatic heterocycles. The highest BCUT2D eigenvalue weighted by Crippen LogP contribution is 2.38. The van der Waals surface area contributed by atoms with E-state index in [1.165, 1.54) is 27.4 Å². The van der Waals surface area contributed by atoms with Gasteiger partial charge in [0.15, 0.2) is 18.1 Å². The lowest BCUT2D eigenvalue weighted by molar-refractivity contribution is -0.124. The molecule has 2 aromatic carbocycles. The first-order chi connectivity index (χ1) is 13.4. The number of hydrogen-bond donors (Lipinski definition) is 2. The highest BCUT2D eigenvalue weighted by Gasteiger charge is 2.15. The van der Waals surface area contributed by atoms with E-state index >= 15 is 0 Å². The van der Waals surface area contributed by atoms with Gasteiger partial charge in [0.1, 0.15) is 5.82 Å². The summed E-state index contributed by atoms with van der Waals surface area (Å²) >= 11 is 0. The van der Waals surface area contributed by atoms with E-state index in [-0.39, 0.29) is 17.8 Å². The number of rotatable bonds is 8. The lowest BCUT2D eigenvalue weighted by Gasteiger charge is -2.14. The predicted molar refractivity (Wildman–Crippen MR) is 99.0 cm³/mol. The smallest absolute Gasteiger partial charge is 0.340 e. The van der Waals surface area contributed by atoms with Crippen LogP contribution in [0.15, 0.2) is 30.3 Å². The molecule has 0 aliphatic rings. The Morgan fingerprint density at radius 3 is 2.21 bits per heavy atom. The van der Waals surface area contributed by atoms with Crippen molar-refractivity contribution in [3.05, 3.63) is 47.3 Å². The molecule has 0 aliphatic heterocycles. The summed E-state index contributed by atoms with van der Waals surface area (Å²) < 4.78 is 33.7. The van der Waals surface area contributed by atoms with Crippen LogP contribution in [-0.2, 0) is 16.1 Å². The van der Waals surface area contributed by atoms with Gasteiger partial charge in [-0.05, 0) is 35.9 Å². The van der Waals surface area contributed by atoms with Crippen molar-refractivity contribution in [1.82, 2.24) is 5.32 Å². The van der Waals surface area contributed by atoms with Crippen LogP contribution in [0.3, 0.4) is 0 Å². The van der Waals surface area contributed by atoms with Crippen LogP contribution in [0.4, 0.5) is 10.1 Å². The maximum Gasteiger partial charge on any atom is 0.340 e. The van der Waals surface area contributed by atoms with Crippen LogP contribution in [0.25, 0.3) is 0 Å². The number of anilines is 1. The van der Waals surface area contributed by atoms with Gasteiger partial charge in [0, 0.05) is 12.2 Å². The number of amides is 1. The van der Waals surface area contributed by atoms with Crippen LogP contribution in [-0.4, -0.2) is 39.8 Å². The first kappa shape index (κ1) is 20.8. The van der Waals surface area contributed by atoms with Crippen molar-refractivity contribution in [2.24, 2.45) is 0 Å². The molecular weight excluding hydrogens is 371 g/mol. The Labute approximate surface area is 161 Å². The summed E-state index contributed by atoms with van der Waals surface area (Å²) in [6.45, 7) is -0.369. The average Bonchev–Trinajstić information content (AvgIpc) is 2.69. The number of nitrogens with one attached hydrogen (secondary N) is 1. The third kappa shape index (κ3) is 5.03. The minimum absolute atomic E-state index is 0.0150. The number of methoxy groups -OCH3 is 3. The lowest BCUT2D eigenvalue weighted by atomic mass is 10.1.